The first-order chi connectivity index (χ1) is 9.14. The van der Waals surface area contributed by atoms with Crippen LogP contribution in [-0.2, 0) is 4.79 Å². The van der Waals surface area contributed by atoms with Gasteiger partial charge in [-0.15, -0.1) is 0 Å². The fraction of sp³-hybridized carbons (Fsp3) is 0.467. The van der Waals surface area contributed by atoms with Gasteiger partial charge in [0.15, 0.2) is 0 Å². The number of amides is 1. The molecule has 0 heterocycles. The average Bonchev–Trinajstić information content (AvgIpc) is 2.30. The minimum atomic E-state index is -0.907. The van der Waals surface area contributed by atoms with Gasteiger partial charge in [-0.05, 0) is 55.3 Å². The Morgan fingerprint density at radius 2 is 1.90 bits per heavy atom. The number of carbonyl (C=O) groups is 2. The minimum Gasteiger partial charge on any atom is -0.481 e. The van der Waals surface area contributed by atoms with Crippen LogP contribution in [-0.4, -0.2) is 34.0 Å². The number of hydrogen-bond donors (Lipinski definition) is 1. The Morgan fingerprint density at radius 1 is 1.30 bits per heavy atom. The number of benzene rings is 1. The molecule has 0 atom stereocenters. The Labute approximate surface area is 127 Å². The van der Waals surface area contributed by atoms with Gasteiger partial charge in [0.05, 0.1) is 12.0 Å². The standard InChI is InChI=1S/C15H20BrNO3/c1-10-6-5-7-11(13(10)16)14(20)17(15(2,3)4)9-8-12(18)19/h5-7H,8-9H2,1-4H3,(H,18,19). The van der Waals surface area contributed by atoms with Crippen LogP contribution in [0.15, 0.2) is 22.7 Å². The van der Waals surface area contributed by atoms with Gasteiger partial charge in [0, 0.05) is 16.6 Å². The molecule has 1 aromatic carbocycles. The van der Waals surface area contributed by atoms with Crippen LogP contribution in [0.1, 0.15) is 43.1 Å². The van der Waals surface area contributed by atoms with Gasteiger partial charge in [0.1, 0.15) is 0 Å². The van der Waals surface area contributed by atoms with Gasteiger partial charge in [-0.1, -0.05) is 12.1 Å². The van der Waals surface area contributed by atoms with Crippen molar-refractivity contribution in [1.29, 1.82) is 0 Å². The molecule has 0 aliphatic heterocycles. The first-order valence-corrected chi connectivity index (χ1v) is 7.22. The molecule has 20 heavy (non-hydrogen) atoms. The Bertz CT molecular complexity index is 520. The maximum atomic E-state index is 12.7. The third-order valence-corrected chi connectivity index (χ3v) is 4.08. The number of aliphatic carboxylic acids is 1. The van der Waals surface area contributed by atoms with E-state index >= 15 is 0 Å². The van der Waals surface area contributed by atoms with Gasteiger partial charge in [-0.3, -0.25) is 9.59 Å². The van der Waals surface area contributed by atoms with E-state index in [0.29, 0.717) is 5.56 Å². The molecule has 0 fully saturated rings. The monoisotopic (exact) mass is 341 g/mol. The molecule has 0 radical (unpaired) electrons. The Balaban J connectivity index is 3.10. The quantitative estimate of drug-likeness (QED) is 0.911. The van der Waals surface area contributed by atoms with E-state index in [1.165, 1.54) is 0 Å². The lowest BCUT2D eigenvalue weighted by Crippen LogP contribution is -2.46. The summed E-state index contributed by atoms with van der Waals surface area (Å²) in [6.45, 7) is 7.81. The van der Waals surface area contributed by atoms with Crippen LogP contribution in [0.4, 0.5) is 0 Å². The van der Waals surface area contributed by atoms with Gasteiger partial charge in [-0.2, -0.15) is 0 Å². The molecule has 0 aliphatic carbocycles. The smallest absolute Gasteiger partial charge is 0.305 e. The van der Waals surface area contributed by atoms with E-state index in [0.717, 1.165) is 10.0 Å². The van der Waals surface area contributed by atoms with Gasteiger partial charge < -0.3 is 10.0 Å². The molecule has 0 aromatic heterocycles. The highest BCUT2D eigenvalue weighted by atomic mass is 79.9. The van der Waals surface area contributed by atoms with Crippen LogP contribution in [0.5, 0.6) is 0 Å². The number of aryl methyl sites for hydroxylation is 1. The Morgan fingerprint density at radius 3 is 2.40 bits per heavy atom. The van der Waals surface area contributed by atoms with Crippen molar-refractivity contribution in [3.63, 3.8) is 0 Å². The SMILES string of the molecule is Cc1cccc(C(=O)N(CCC(=O)O)C(C)(C)C)c1Br. The second kappa shape index (κ2) is 6.39. The summed E-state index contributed by atoms with van der Waals surface area (Å²) in [5, 5.41) is 8.83. The third-order valence-electron chi connectivity index (χ3n) is 3.03. The van der Waals surface area contributed by atoms with Crippen molar-refractivity contribution in [2.24, 2.45) is 0 Å². The van der Waals surface area contributed by atoms with Crippen LogP contribution in [0.3, 0.4) is 0 Å². The second-order valence-corrected chi connectivity index (χ2v) is 6.50. The number of halogens is 1. The summed E-state index contributed by atoms with van der Waals surface area (Å²) in [4.78, 5) is 25.0. The fourth-order valence-corrected chi connectivity index (χ4v) is 2.34. The molecule has 1 rings (SSSR count). The van der Waals surface area contributed by atoms with Crippen molar-refractivity contribution in [3.8, 4) is 0 Å². The summed E-state index contributed by atoms with van der Waals surface area (Å²) >= 11 is 3.43. The average molecular weight is 342 g/mol. The highest BCUT2D eigenvalue weighted by molar-refractivity contribution is 9.10. The van der Waals surface area contributed by atoms with Crippen molar-refractivity contribution in [2.45, 2.75) is 39.7 Å². The lowest BCUT2D eigenvalue weighted by atomic mass is 10.0. The summed E-state index contributed by atoms with van der Waals surface area (Å²) in [7, 11) is 0. The molecular weight excluding hydrogens is 322 g/mol. The maximum absolute atomic E-state index is 12.7. The number of nitrogens with zero attached hydrogens (tertiary/aromatic N) is 1. The van der Waals surface area contributed by atoms with E-state index in [4.69, 9.17) is 5.11 Å². The fourth-order valence-electron chi connectivity index (χ4n) is 1.91. The van der Waals surface area contributed by atoms with Crippen molar-refractivity contribution >= 4 is 27.8 Å². The summed E-state index contributed by atoms with van der Waals surface area (Å²) in [6.07, 6.45) is -0.0631. The largest absolute Gasteiger partial charge is 0.481 e. The molecule has 110 valence electrons. The Hall–Kier alpha value is -1.36. The molecule has 0 saturated carbocycles. The molecular formula is C15H20BrNO3. The number of carbonyl (C=O) groups excluding carboxylic acids is 1. The van der Waals surface area contributed by atoms with Crippen LogP contribution >= 0.6 is 15.9 Å². The summed E-state index contributed by atoms with van der Waals surface area (Å²) in [5.74, 6) is -1.07. The molecule has 1 aromatic rings. The molecule has 1 amide bonds. The van der Waals surface area contributed by atoms with E-state index in [1.54, 1.807) is 11.0 Å². The second-order valence-electron chi connectivity index (χ2n) is 5.71. The number of hydrogen-bond acceptors (Lipinski definition) is 2. The van der Waals surface area contributed by atoms with Gasteiger partial charge >= 0.3 is 5.97 Å². The number of carboxylic acid groups (broad SMARTS) is 1. The number of carboxylic acids is 1. The lowest BCUT2D eigenvalue weighted by Gasteiger charge is -2.35. The first-order valence-electron chi connectivity index (χ1n) is 6.43. The summed E-state index contributed by atoms with van der Waals surface area (Å²) in [5.41, 5.74) is 1.10. The normalized spacial score (nSPS) is 11.2. The van der Waals surface area contributed by atoms with E-state index in [1.807, 2.05) is 39.8 Å². The zero-order valence-electron chi connectivity index (χ0n) is 12.2. The predicted molar refractivity (Wildman–Crippen MR) is 81.9 cm³/mol. The third kappa shape index (κ3) is 4.07. The molecule has 0 bridgehead atoms. The number of rotatable bonds is 4. The highest BCUT2D eigenvalue weighted by Gasteiger charge is 2.28. The molecule has 4 nitrogen and oxygen atoms in total. The predicted octanol–water partition coefficient (Wildman–Crippen LogP) is 3.47. The lowest BCUT2D eigenvalue weighted by molar-refractivity contribution is -0.137. The molecule has 1 N–H and O–H groups in total. The molecule has 0 unspecified atom stereocenters. The van der Waals surface area contributed by atoms with Gasteiger partial charge in [0.25, 0.3) is 5.91 Å². The zero-order valence-corrected chi connectivity index (χ0v) is 13.8. The topological polar surface area (TPSA) is 57.6 Å². The molecule has 5 heteroatoms. The van der Waals surface area contributed by atoms with Crippen molar-refractivity contribution in [1.82, 2.24) is 4.90 Å². The molecule has 0 saturated heterocycles. The van der Waals surface area contributed by atoms with E-state index in [-0.39, 0.29) is 18.9 Å². The highest BCUT2D eigenvalue weighted by Crippen LogP contribution is 2.25. The first kappa shape index (κ1) is 16.7. The van der Waals surface area contributed by atoms with Crippen molar-refractivity contribution in [2.75, 3.05) is 6.54 Å². The van der Waals surface area contributed by atoms with E-state index < -0.39 is 11.5 Å². The zero-order chi connectivity index (χ0) is 15.5. The minimum absolute atomic E-state index is 0.0631. The summed E-state index contributed by atoms with van der Waals surface area (Å²) < 4.78 is 0.759. The van der Waals surface area contributed by atoms with E-state index in [9.17, 15) is 9.59 Å². The van der Waals surface area contributed by atoms with Crippen molar-refractivity contribution in [3.05, 3.63) is 33.8 Å². The molecule has 0 aliphatic rings. The van der Waals surface area contributed by atoms with Crippen LogP contribution < -0.4 is 0 Å². The van der Waals surface area contributed by atoms with Gasteiger partial charge in [-0.25, -0.2) is 0 Å². The molecule has 0 spiro atoms. The van der Waals surface area contributed by atoms with Crippen LogP contribution in [0.2, 0.25) is 0 Å². The van der Waals surface area contributed by atoms with Gasteiger partial charge in [0.2, 0.25) is 0 Å². The van der Waals surface area contributed by atoms with E-state index in [2.05, 4.69) is 15.9 Å². The summed E-state index contributed by atoms with van der Waals surface area (Å²) in [6, 6.07) is 5.49. The maximum Gasteiger partial charge on any atom is 0.305 e. The Kier molecular flexibility index (Phi) is 5.34. The van der Waals surface area contributed by atoms with Crippen LogP contribution in [0.25, 0.3) is 0 Å². The van der Waals surface area contributed by atoms with Crippen molar-refractivity contribution < 1.29 is 14.7 Å². The van der Waals surface area contributed by atoms with Crippen LogP contribution in [0, 0.1) is 6.92 Å².